The van der Waals surface area contributed by atoms with Crippen molar-refractivity contribution >= 4 is 40.8 Å². The SMILES string of the molecule is CC(C)C(NC(=O)c1ccccc1Cl)C(=O)Nc1ccc(NC(=O)NCc2ccco2)cc1. The third kappa shape index (κ3) is 6.85. The van der Waals surface area contributed by atoms with Gasteiger partial charge in [-0.2, -0.15) is 0 Å². The molecule has 0 bridgehead atoms. The summed E-state index contributed by atoms with van der Waals surface area (Å²) >= 11 is 6.09. The van der Waals surface area contributed by atoms with Gasteiger partial charge < -0.3 is 25.7 Å². The number of carbonyl (C=O) groups excluding carboxylic acids is 3. The number of furan rings is 1. The molecule has 4 N–H and O–H groups in total. The molecule has 0 aliphatic carbocycles. The minimum atomic E-state index is -0.765. The molecular weight excluding hydrogens is 444 g/mol. The van der Waals surface area contributed by atoms with Crippen molar-refractivity contribution in [2.75, 3.05) is 10.6 Å². The molecule has 0 radical (unpaired) electrons. The number of urea groups is 1. The van der Waals surface area contributed by atoms with Gasteiger partial charge in [0.15, 0.2) is 0 Å². The number of benzene rings is 2. The molecule has 1 heterocycles. The summed E-state index contributed by atoms with van der Waals surface area (Å²) < 4.78 is 5.16. The highest BCUT2D eigenvalue weighted by molar-refractivity contribution is 6.33. The summed E-state index contributed by atoms with van der Waals surface area (Å²) in [5.41, 5.74) is 1.38. The van der Waals surface area contributed by atoms with E-state index in [4.69, 9.17) is 16.0 Å². The number of hydrogen-bond donors (Lipinski definition) is 4. The zero-order valence-corrected chi connectivity index (χ0v) is 19.0. The Hall–Kier alpha value is -3.78. The van der Waals surface area contributed by atoms with E-state index >= 15 is 0 Å². The van der Waals surface area contributed by atoms with Crippen molar-refractivity contribution < 1.29 is 18.8 Å². The second kappa shape index (κ2) is 11.2. The van der Waals surface area contributed by atoms with Gasteiger partial charge in [-0.3, -0.25) is 9.59 Å². The highest BCUT2D eigenvalue weighted by Crippen LogP contribution is 2.17. The molecule has 1 aromatic heterocycles. The summed E-state index contributed by atoms with van der Waals surface area (Å²) in [5, 5.41) is 11.2. The van der Waals surface area contributed by atoms with E-state index in [9.17, 15) is 14.4 Å². The Morgan fingerprint density at radius 3 is 2.18 bits per heavy atom. The number of rotatable bonds is 8. The minimum Gasteiger partial charge on any atom is -0.467 e. The van der Waals surface area contributed by atoms with E-state index < -0.39 is 11.9 Å². The van der Waals surface area contributed by atoms with E-state index in [0.29, 0.717) is 27.7 Å². The number of halogens is 1. The fraction of sp³-hybridized carbons (Fsp3) is 0.208. The van der Waals surface area contributed by atoms with Crippen LogP contribution in [0.3, 0.4) is 0 Å². The van der Waals surface area contributed by atoms with Gasteiger partial charge in [0, 0.05) is 11.4 Å². The summed E-state index contributed by atoms with van der Waals surface area (Å²) in [5.74, 6) is -0.295. The topological polar surface area (TPSA) is 112 Å². The predicted octanol–water partition coefficient (Wildman–Crippen LogP) is 4.65. The molecule has 8 nitrogen and oxygen atoms in total. The van der Waals surface area contributed by atoms with Gasteiger partial charge in [-0.05, 0) is 54.4 Å². The van der Waals surface area contributed by atoms with Crippen molar-refractivity contribution in [1.29, 1.82) is 0 Å². The zero-order valence-electron chi connectivity index (χ0n) is 18.2. The molecule has 1 atom stereocenters. The van der Waals surface area contributed by atoms with Gasteiger partial charge in [-0.25, -0.2) is 4.79 Å². The first-order chi connectivity index (χ1) is 15.8. The monoisotopic (exact) mass is 468 g/mol. The predicted molar refractivity (Wildman–Crippen MR) is 127 cm³/mol. The normalized spacial score (nSPS) is 11.5. The van der Waals surface area contributed by atoms with E-state index in [2.05, 4.69) is 21.3 Å². The molecule has 4 amide bonds. The lowest BCUT2D eigenvalue weighted by Crippen LogP contribution is -2.47. The summed E-state index contributed by atoms with van der Waals surface area (Å²) in [6, 6.07) is 15.7. The van der Waals surface area contributed by atoms with Crippen LogP contribution in [-0.2, 0) is 11.3 Å². The fourth-order valence-corrected chi connectivity index (χ4v) is 3.23. The molecule has 1 unspecified atom stereocenters. The van der Waals surface area contributed by atoms with E-state index in [1.54, 1.807) is 60.7 Å². The van der Waals surface area contributed by atoms with Crippen LogP contribution in [0.5, 0.6) is 0 Å². The van der Waals surface area contributed by atoms with Crippen LogP contribution in [0.1, 0.15) is 30.0 Å². The first kappa shape index (κ1) is 23.9. The van der Waals surface area contributed by atoms with Crippen molar-refractivity contribution in [3.8, 4) is 0 Å². The third-order valence-corrected chi connectivity index (χ3v) is 5.10. The fourth-order valence-electron chi connectivity index (χ4n) is 3.01. The number of hydrogen-bond acceptors (Lipinski definition) is 4. The van der Waals surface area contributed by atoms with E-state index in [-0.39, 0.29) is 24.4 Å². The molecule has 0 saturated heterocycles. The van der Waals surface area contributed by atoms with Crippen molar-refractivity contribution in [3.63, 3.8) is 0 Å². The lowest BCUT2D eigenvalue weighted by Gasteiger charge is -2.22. The largest absolute Gasteiger partial charge is 0.467 e. The lowest BCUT2D eigenvalue weighted by atomic mass is 10.0. The Labute approximate surface area is 196 Å². The molecule has 172 valence electrons. The van der Waals surface area contributed by atoms with Crippen molar-refractivity contribution in [3.05, 3.63) is 83.3 Å². The molecule has 33 heavy (non-hydrogen) atoms. The van der Waals surface area contributed by atoms with E-state index in [0.717, 1.165) is 0 Å². The first-order valence-corrected chi connectivity index (χ1v) is 10.7. The van der Waals surface area contributed by atoms with Gasteiger partial charge in [-0.1, -0.05) is 37.6 Å². The Kier molecular flexibility index (Phi) is 8.10. The summed E-state index contributed by atoms with van der Waals surface area (Å²) in [6.45, 7) is 3.94. The van der Waals surface area contributed by atoms with Crippen LogP contribution in [0.2, 0.25) is 5.02 Å². The average molecular weight is 469 g/mol. The number of carbonyl (C=O) groups is 3. The first-order valence-electron chi connectivity index (χ1n) is 10.4. The van der Waals surface area contributed by atoms with Gasteiger partial charge in [0.2, 0.25) is 5.91 Å². The summed E-state index contributed by atoms with van der Waals surface area (Å²) in [6.07, 6.45) is 1.54. The molecule has 0 aliphatic rings. The van der Waals surface area contributed by atoms with Gasteiger partial charge in [-0.15, -0.1) is 0 Å². The molecule has 3 rings (SSSR count). The maximum atomic E-state index is 12.8. The zero-order chi connectivity index (χ0) is 23.8. The molecule has 0 aliphatic heterocycles. The Morgan fingerprint density at radius 1 is 0.909 bits per heavy atom. The van der Waals surface area contributed by atoms with Gasteiger partial charge in [0.25, 0.3) is 5.91 Å². The smallest absolute Gasteiger partial charge is 0.319 e. The molecule has 3 aromatic rings. The van der Waals surface area contributed by atoms with Crippen LogP contribution in [0.4, 0.5) is 16.2 Å². The molecule has 0 spiro atoms. The van der Waals surface area contributed by atoms with Gasteiger partial charge in [0.05, 0.1) is 23.4 Å². The van der Waals surface area contributed by atoms with Crippen LogP contribution in [0.15, 0.2) is 71.3 Å². The van der Waals surface area contributed by atoms with Crippen molar-refractivity contribution in [2.24, 2.45) is 5.92 Å². The summed E-state index contributed by atoms with van der Waals surface area (Å²) in [4.78, 5) is 37.4. The lowest BCUT2D eigenvalue weighted by molar-refractivity contribution is -0.118. The van der Waals surface area contributed by atoms with Gasteiger partial charge in [0.1, 0.15) is 11.8 Å². The molecular formula is C24H25ClN4O4. The van der Waals surface area contributed by atoms with Crippen LogP contribution < -0.4 is 21.3 Å². The molecule has 0 fully saturated rings. The number of nitrogens with one attached hydrogen (secondary N) is 4. The Morgan fingerprint density at radius 2 is 1.58 bits per heavy atom. The van der Waals surface area contributed by atoms with Crippen LogP contribution >= 0.6 is 11.6 Å². The highest BCUT2D eigenvalue weighted by atomic mass is 35.5. The Bertz CT molecular complexity index is 1100. The molecule has 2 aromatic carbocycles. The quantitative estimate of drug-likeness (QED) is 0.385. The van der Waals surface area contributed by atoms with Crippen LogP contribution in [0.25, 0.3) is 0 Å². The van der Waals surface area contributed by atoms with Crippen molar-refractivity contribution in [2.45, 2.75) is 26.4 Å². The number of amides is 4. The van der Waals surface area contributed by atoms with Gasteiger partial charge >= 0.3 is 6.03 Å². The highest BCUT2D eigenvalue weighted by Gasteiger charge is 2.25. The number of anilines is 2. The van der Waals surface area contributed by atoms with Crippen LogP contribution in [0, 0.1) is 5.92 Å². The van der Waals surface area contributed by atoms with Crippen molar-refractivity contribution in [1.82, 2.24) is 10.6 Å². The maximum absolute atomic E-state index is 12.8. The molecule has 0 saturated carbocycles. The second-order valence-corrected chi connectivity index (χ2v) is 8.04. The second-order valence-electron chi connectivity index (χ2n) is 7.63. The standard InChI is InChI=1S/C24H25ClN4O4/c1-15(2)21(29-22(30)19-7-3-4-8-20(19)25)23(31)27-16-9-11-17(12-10-16)28-24(32)26-14-18-6-5-13-33-18/h3-13,15,21H,14H2,1-2H3,(H,27,31)(H,29,30)(H2,26,28,32). The summed E-state index contributed by atoms with van der Waals surface area (Å²) in [7, 11) is 0. The maximum Gasteiger partial charge on any atom is 0.319 e. The minimum absolute atomic E-state index is 0.157. The van der Waals surface area contributed by atoms with E-state index in [1.807, 2.05) is 13.8 Å². The molecule has 9 heteroatoms. The van der Waals surface area contributed by atoms with E-state index in [1.165, 1.54) is 6.26 Å². The van der Waals surface area contributed by atoms with Crippen LogP contribution in [-0.4, -0.2) is 23.9 Å². The average Bonchev–Trinajstić information content (AvgIpc) is 3.31. The third-order valence-electron chi connectivity index (χ3n) is 4.77. The Balaban J connectivity index is 1.55.